The van der Waals surface area contributed by atoms with Gasteiger partial charge >= 0.3 is 0 Å². The van der Waals surface area contributed by atoms with Crippen molar-refractivity contribution in [2.75, 3.05) is 31.6 Å². The minimum absolute atomic E-state index is 0.367. The summed E-state index contributed by atoms with van der Waals surface area (Å²) >= 11 is 0. The molecule has 3 heterocycles. The van der Waals surface area contributed by atoms with E-state index in [2.05, 4.69) is 25.9 Å². The van der Waals surface area contributed by atoms with Crippen LogP contribution < -0.4 is 21.1 Å². The summed E-state index contributed by atoms with van der Waals surface area (Å²) in [6.45, 7) is 3.67. The van der Waals surface area contributed by atoms with Gasteiger partial charge in [0.1, 0.15) is 5.75 Å². The lowest BCUT2D eigenvalue weighted by Gasteiger charge is -2.22. The molecular formula is C22H30N8O. The van der Waals surface area contributed by atoms with Crippen LogP contribution in [-0.2, 0) is 0 Å². The van der Waals surface area contributed by atoms with E-state index in [0.29, 0.717) is 35.0 Å². The fourth-order valence-electron chi connectivity index (χ4n) is 4.52. The maximum absolute atomic E-state index is 6.00. The van der Waals surface area contributed by atoms with Gasteiger partial charge in [-0.3, -0.25) is 0 Å². The second-order valence-electron chi connectivity index (χ2n) is 8.66. The van der Waals surface area contributed by atoms with Crippen LogP contribution in [0.25, 0.3) is 16.9 Å². The third-order valence-corrected chi connectivity index (χ3v) is 6.43. The third kappa shape index (κ3) is 4.62. The van der Waals surface area contributed by atoms with Crippen molar-refractivity contribution < 1.29 is 4.74 Å². The number of rotatable bonds is 7. The quantitative estimate of drug-likeness (QED) is 0.530. The number of aromatic nitrogens is 5. The van der Waals surface area contributed by atoms with Gasteiger partial charge < -0.3 is 21.1 Å². The summed E-state index contributed by atoms with van der Waals surface area (Å²) in [7, 11) is 0. The lowest BCUT2D eigenvalue weighted by molar-refractivity contribution is 0.215. The molecular weight excluding hydrogens is 392 g/mol. The Morgan fingerprint density at radius 2 is 1.94 bits per heavy atom. The van der Waals surface area contributed by atoms with Crippen LogP contribution >= 0.6 is 0 Å². The monoisotopic (exact) mass is 422 g/mol. The molecule has 9 nitrogen and oxygen atoms in total. The standard InChI is InChI=1S/C22H30N8O/c23-12-16-1-2-17(11-16)26-22-25-13-20-21(27-22)30(29-28-20)18-3-5-19(6-4-18)31-14-15-7-9-24-10-8-15/h3-6,13,15-17,24H,1-2,7-12,14,23H2,(H,25,26,27)/t16-,17-/m1/s1. The van der Waals surface area contributed by atoms with E-state index >= 15 is 0 Å². The van der Waals surface area contributed by atoms with Crippen LogP contribution in [0.1, 0.15) is 32.1 Å². The Balaban J connectivity index is 1.28. The molecule has 1 saturated heterocycles. The summed E-state index contributed by atoms with van der Waals surface area (Å²) in [6.07, 6.45) is 7.38. The average molecular weight is 423 g/mol. The molecule has 1 aliphatic heterocycles. The van der Waals surface area contributed by atoms with Crippen molar-refractivity contribution in [1.82, 2.24) is 30.3 Å². The molecule has 2 aliphatic rings. The number of nitrogens with zero attached hydrogens (tertiary/aromatic N) is 5. The largest absolute Gasteiger partial charge is 0.493 e. The zero-order chi connectivity index (χ0) is 21.0. The zero-order valence-corrected chi connectivity index (χ0v) is 17.7. The number of hydrogen-bond acceptors (Lipinski definition) is 8. The average Bonchev–Trinajstić information content (AvgIpc) is 3.45. The first-order chi connectivity index (χ1) is 15.3. The van der Waals surface area contributed by atoms with Gasteiger partial charge in [0.25, 0.3) is 0 Å². The topological polar surface area (TPSA) is 116 Å². The molecule has 2 atom stereocenters. The van der Waals surface area contributed by atoms with Crippen LogP contribution in [0.5, 0.6) is 5.75 Å². The van der Waals surface area contributed by atoms with Crippen molar-refractivity contribution in [2.24, 2.45) is 17.6 Å². The van der Waals surface area contributed by atoms with Crippen molar-refractivity contribution in [1.29, 1.82) is 0 Å². The molecule has 164 valence electrons. The number of hydrogen-bond donors (Lipinski definition) is 3. The van der Waals surface area contributed by atoms with Gasteiger partial charge in [-0.25, -0.2) is 4.98 Å². The van der Waals surface area contributed by atoms with Crippen molar-refractivity contribution in [2.45, 2.75) is 38.1 Å². The minimum atomic E-state index is 0.367. The van der Waals surface area contributed by atoms with Gasteiger partial charge in [0, 0.05) is 6.04 Å². The lowest BCUT2D eigenvalue weighted by Crippen LogP contribution is -2.30. The third-order valence-electron chi connectivity index (χ3n) is 6.43. The number of anilines is 1. The highest BCUT2D eigenvalue weighted by atomic mass is 16.5. The second-order valence-corrected chi connectivity index (χ2v) is 8.66. The molecule has 1 saturated carbocycles. The molecule has 1 aromatic carbocycles. The predicted molar refractivity (Wildman–Crippen MR) is 119 cm³/mol. The molecule has 0 bridgehead atoms. The number of fused-ring (bicyclic) bond motifs is 1. The Morgan fingerprint density at radius 3 is 2.71 bits per heavy atom. The molecule has 31 heavy (non-hydrogen) atoms. The van der Waals surface area contributed by atoms with Crippen LogP contribution in [0.4, 0.5) is 5.95 Å². The molecule has 0 spiro atoms. The van der Waals surface area contributed by atoms with Crippen LogP contribution in [0, 0.1) is 11.8 Å². The zero-order valence-electron chi connectivity index (χ0n) is 17.7. The molecule has 3 aromatic rings. The van der Waals surface area contributed by atoms with Crippen molar-refractivity contribution in [3.05, 3.63) is 30.5 Å². The van der Waals surface area contributed by atoms with E-state index < -0.39 is 0 Å². The van der Waals surface area contributed by atoms with E-state index in [4.69, 9.17) is 15.5 Å². The van der Waals surface area contributed by atoms with E-state index in [9.17, 15) is 0 Å². The number of benzene rings is 1. The van der Waals surface area contributed by atoms with Gasteiger partial charge in [-0.1, -0.05) is 5.21 Å². The highest BCUT2D eigenvalue weighted by Crippen LogP contribution is 2.27. The molecule has 2 fully saturated rings. The Morgan fingerprint density at radius 1 is 1.10 bits per heavy atom. The Kier molecular flexibility index (Phi) is 5.95. The summed E-state index contributed by atoms with van der Waals surface area (Å²) in [6, 6.07) is 8.31. The smallest absolute Gasteiger partial charge is 0.225 e. The fraction of sp³-hybridized carbons (Fsp3) is 0.545. The van der Waals surface area contributed by atoms with Crippen LogP contribution in [0.2, 0.25) is 0 Å². The highest BCUT2D eigenvalue weighted by Gasteiger charge is 2.24. The minimum Gasteiger partial charge on any atom is -0.493 e. The number of nitrogens with two attached hydrogens (primary N) is 1. The Hall–Kier alpha value is -2.78. The van der Waals surface area contributed by atoms with E-state index in [1.165, 1.54) is 12.8 Å². The number of piperidine rings is 1. The van der Waals surface area contributed by atoms with Crippen LogP contribution in [0.15, 0.2) is 30.5 Å². The first-order valence-corrected chi connectivity index (χ1v) is 11.3. The van der Waals surface area contributed by atoms with Gasteiger partial charge in [0.05, 0.1) is 18.5 Å². The SMILES string of the molecule is NC[C@@H]1CC[C@@H](Nc2ncc3nnn(-c4ccc(OCC5CCNCC5)cc4)c3n2)C1. The van der Waals surface area contributed by atoms with Gasteiger partial charge in [-0.15, -0.1) is 5.10 Å². The Bertz CT molecular complexity index is 998. The molecule has 0 unspecified atom stereocenters. The molecule has 5 rings (SSSR count). The lowest BCUT2D eigenvalue weighted by atomic mass is 9.99. The maximum Gasteiger partial charge on any atom is 0.225 e. The summed E-state index contributed by atoms with van der Waals surface area (Å²) in [4.78, 5) is 9.11. The molecule has 4 N–H and O–H groups in total. The van der Waals surface area contributed by atoms with E-state index in [-0.39, 0.29) is 0 Å². The summed E-state index contributed by atoms with van der Waals surface area (Å²) < 4.78 is 7.75. The summed E-state index contributed by atoms with van der Waals surface area (Å²) in [5, 5.41) is 15.3. The van der Waals surface area contributed by atoms with Crippen LogP contribution in [0.3, 0.4) is 0 Å². The highest BCUT2D eigenvalue weighted by molar-refractivity contribution is 5.72. The van der Waals surface area contributed by atoms with Crippen molar-refractivity contribution >= 4 is 17.1 Å². The number of ether oxygens (including phenoxy) is 1. The Labute approximate surface area is 181 Å². The summed E-state index contributed by atoms with van der Waals surface area (Å²) in [5.74, 6) is 2.70. The summed E-state index contributed by atoms with van der Waals surface area (Å²) in [5.41, 5.74) is 8.06. The first kappa shape index (κ1) is 20.1. The van der Waals surface area contributed by atoms with Gasteiger partial charge in [0.2, 0.25) is 5.95 Å². The van der Waals surface area contributed by atoms with Crippen molar-refractivity contribution in [3.63, 3.8) is 0 Å². The maximum atomic E-state index is 6.00. The van der Waals surface area contributed by atoms with E-state index in [1.54, 1.807) is 10.9 Å². The normalized spacial score (nSPS) is 22.1. The van der Waals surface area contributed by atoms with Gasteiger partial charge in [-0.2, -0.15) is 9.67 Å². The van der Waals surface area contributed by atoms with E-state index in [1.807, 2.05) is 24.3 Å². The predicted octanol–water partition coefficient (Wildman–Crippen LogP) is 2.13. The van der Waals surface area contributed by atoms with Crippen LogP contribution in [-0.4, -0.2) is 57.2 Å². The fourth-order valence-corrected chi connectivity index (χ4v) is 4.52. The molecule has 2 aromatic heterocycles. The molecule has 0 radical (unpaired) electrons. The molecule has 1 aliphatic carbocycles. The molecule has 9 heteroatoms. The number of nitrogens with one attached hydrogen (secondary N) is 2. The first-order valence-electron chi connectivity index (χ1n) is 11.3. The van der Waals surface area contributed by atoms with Gasteiger partial charge in [-0.05, 0) is 87.8 Å². The molecule has 0 amide bonds. The van der Waals surface area contributed by atoms with Gasteiger partial charge in [0.15, 0.2) is 11.2 Å². The van der Waals surface area contributed by atoms with E-state index in [0.717, 1.165) is 56.9 Å². The second kappa shape index (κ2) is 9.15. The van der Waals surface area contributed by atoms with Crippen molar-refractivity contribution in [3.8, 4) is 11.4 Å².